The van der Waals surface area contributed by atoms with E-state index in [1.54, 1.807) is 24.3 Å². The summed E-state index contributed by atoms with van der Waals surface area (Å²) in [5.74, 6) is -0.456. The van der Waals surface area contributed by atoms with Gasteiger partial charge in [0, 0.05) is 12.0 Å². The van der Waals surface area contributed by atoms with E-state index in [0.29, 0.717) is 6.42 Å². The molecule has 0 saturated carbocycles. The molecule has 0 bridgehead atoms. The molecule has 2 unspecified atom stereocenters. The van der Waals surface area contributed by atoms with Gasteiger partial charge >= 0.3 is 16.1 Å². The molecule has 7 heteroatoms. The van der Waals surface area contributed by atoms with Gasteiger partial charge in [-0.2, -0.15) is 8.42 Å². The van der Waals surface area contributed by atoms with Crippen LogP contribution in [0.2, 0.25) is 0 Å². The van der Waals surface area contributed by atoms with Crippen LogP contribution in [0.3, 0.4) is 0 Å². The zero-order chi connectivity index (χ0) is 23.0. The number of benzene rings is 3. The number of hydrogen-bond donors (Lipinski definition) is 1. The molecule has 0 aliphatic carbocycles. The van der Waals surface area contributed by atoms with Crippen LogP contribution in [-0.4, -0.2) is 26.7 Å². The quantitative estimate of drug-likeness (QED) is 0.370. The van der Waals surface area contributed by atoms with Crippen molar-refractivity contribution in [2.75, 3.05) is 6.26 Å². The average Bonchev–Trinajstić information content (AvgIpc) is 2.77. The fourth-order valence-electron chi connectivity index (χ4n) is 3.47. The SMILES string of the molecule is CS(=O)(=O)Oc1ccc(C(CC(=O)OCc2ccccc2)C(N)Cc2ccccc2)cc1. The zero-order valence-corrected chi connectivity index (χ0v) is 18.7. The van der Waals surface area contributed by atoms with Crippen LogP contribution in [0.25, 0.3) is 0 Å². The Morgan fingerprint density at radius 2 is 1.44 bits per heavy atom. The molecule has 0 fully saturated rings. The molecule has 0 spiro atoms. The monoisotopic (exact) mass is 453 g/mol. The maximum absolute atomic E-state index is 12.6. The van der Waals surface area contributed by atoms with E-state index in [-0.39, 0.29) is 36.7 Å². The third-order valence-corrected chi connectivity index (χ3v) is 5.51. The van der Waals surface area contributed by atoms with Crippen molar-refractivity contribution in [3.8, 4) is 5.75 Å². The van der Waals surface area contributed by atoms with E-state index in [2.05, 4.69) is 0 Å². The third-order valence-electron chi connectivity index (χ3n) is 5.02. The third kappa shape index (κ3) is 7.51. The van der Waals surface area contributed by atoms with Gasteiger partial charge in [0.05, 0.1) is 12.7 Å². The van der Waals surface area contributed by atoms with Crippen LogP contribution < -0.4 is 9.92 Å². The summed E-state index contributed by atoms with van der Waals surface area (Å²) in [6.07, 6.45) is 1.68. The van der Waals surface area contributed by atoms with E-state index in [1.165, 1.54) is 0 Å². The van der Waals surface area contributed by atoms with Crippen molar-refractivity contribution in [1.29, 1.82) is 0 Å². The number of esters is 1. The minimum absolute atomic E-state index is 0.104. The summed E-state index contributed by atoms with van der Waals surface area (Å²) in [4.78, 5) is 12.6. The summed E-state index contributed by atoms with van der Waals surface area (Å²) in [6, 6.07) is 25.6. The van der Waals surface area contributed by atoms with Gasteiger partial charge in [-0.25, -0.2) is 0 Å². The standard InChI is InChI=1S/C25H27NO5S/c1-32(28,29)31-22-14-12-21(13-15-22)23(24(26)16-19-8-4-2-5-9-19)17-25(27)30-18-20-10-6-3-7-11-20/h2-15,23-24H,16-18,26H2,1H3. The predicted octanol–water partition coefficient (Wildman–Crippen LogP) is 3.81. The first-order valence-electron chi connectivity index (χ1n) is 10.3. The summed E-state index contributed by atoms with van der Waals surface area (Å²) in [5, 5.41) is 0. The molecule has 0 saturated heterocycles. The van der Waals surface area contributed by atoms with E-state index < -0.39 is 10.1 Å². The van der Waals surface area contributed by atoms with Crippen molar-refractivity contribution in [3.63, 3.8) is 0 Å². The fraction of sp³-hybridized carbons (Fsp3) is 0.240. The highest BCUT2D eigenvalue weighted by Gasteiger charge is 2.24. The van der Waals surface area contributed by atoms with E-state index in [0.717, 1.165) is 22.9 Å². The number of ether oxygens (including phenoxy) is 1. The molecule has 3 aromatic rings. The number of hydrogen-bond acceptors (Lipinski definition) is 6. The lowest BCUT2D eigenvalue weighted by molar-refractivity contribution is -0.145. The van der Waals surface area contributed by atoms with Gasteiger partial charge in [0.15, 0.2) is 0 Å². The van der Waals surface area contributed by atoms with Crippen LogP contribution in [0.4, 0.5) is 0 Å². The van der Waals surface area contributed by atoms with Gasteiger partial charge in [0.2, 0.25) is 0 Å². The first-order chi connectivity index (χ1) is 15.3. The number of nitrogens with two attached hydrogens (primary N) is 1. The highest BCUT2D eigenvalue weighted by molar-refractivity contribution is 7.86. The highest BCUT2D eigenvalue weighted by Crippen LogP contribution is 2.28. The van der Waals surface area contributed by atoms with Crippen molar-refractivity contribution >= 4 is 16.1 Å². The van der Waals surface area contributed by atoms with Gasteiger partial charge in [0.1, 0.15) is 12.4 Å². The second kappa shape index (κ2) is 10.9. The minimum atomic E-state index is -3.62. The lowest BCUT2D eigenvalue weighted by Gasteiger charge is -2.24. The Morgan fingerprint density at radius 3 is 2.00 bits per heavy atom. The Hall–Kier alpha value is -3.16. The Bertz CT molecular complexity index is 1100. The molecule has 32 heavy (non-hydrogen) atoms. The Kier molecular flexibility index (Phi) is 8.03. The molecule has 6 nitrogen and oxygen atoms in total. The molecule has 3 rings (SSSR count). The van der Waals surface area contributed by atoms with Gasteiger partial charge < -0.3 is 14.7 Å². The molecule has 0 aliphatic rings. The molecule has 0 heterocycles. The molecule has 0 aliphatic heterocycles. The largest absolute Gasteiger partial charge is 0.461 e. The molecular weight excluding hydrogens is 426 g/mol. The number of rotatable bonds is 10. The highest BCUT2D eigenvalue weighted by atomic mass is 32.2. The van der Waals surface area contributed by atoms with Crippen LogP contribution in [0.1, 0.15) is 29.0 Å². The summed E-state index contributed by atoms with van der Waals surface area (Å²) in [5.41, 5.74) is 9.33. The normalized spacial score (nSPS) is 13.2. The Labute approximate surface area is 189 Å². The molecule has 168 valence electrons. The minimum Gasteiger partial charge on any atom is -0.461 e. The second-order valence-corrected chi connectivity index (χ2v) is 9.24. The smallest absolute Gasteiger partial charge is 0.306 e. The fourth-order valence-corrected chi connectivity index (χ4v) is 3.93. The first-order valence-corrected chi connectivity index (χ1v) is 12.1. The molecule has 3 aromatic carbocycles. The van der Waals surface area contributed by atoms with Crippen molar-refractivity contribution in [1.82, 2.24) is 0 Å². The molecule has 0 radical (unpaired) electrons. The van der Waals surface area contributed by atoms with Crippen LogP contribution in [-0.2, 0) is 32.7 Å². The summed E-state index contributed by atoms with van der Waals surface area (Å²) >= 11 is 0. The first kappa shape index (κ1) is 23.5. The zero-order valence-electron chi connectivity index (χ0n) is 17.9. The molecule has 2 atom stereocenters. The van der Waals surface area contributed by atoms with Gasteiger partial charge in [0.25, 0.3) is 0 Å². The Balaban J connectivity index is 1.74. The summed E-state index contributed by atoms with van der Waals surface area (Å²) < 4.78 is 33.1. The van der Waals surface area contributed by atoms with Gasteiger partial charge in [-0.05, 0) is 35.2 Å². The summed E-state index contributed by atoms with van der Waals surface area (Å²) in [6.45, 7) is 0.196. The van der Waals surface area contributed by atoms with E-state index >= 15 is 0 Å². The maximum atomic E-state index is 12.6. The van der Waals surface area contributed by atoms with E-state index in [9.17, 15) is 13.2 Å². The number of carbonyl (C=O) groups excluding carboxylic acids is 1. The van der Waals surface area contributed by atoms with Crippen molar-refractivity contribution in [2.24, 2.45) is 5.73 Å². The van der Waals surface area contributed by atoms with Crippen LogP contribution >= 0.6 is 0 Å². The molecular formula is C25H27NO5S. The lowest BCUT2D eigenvalue weighted by Crippen LogP contribution is -2.32. The summed E-state index contributed by atoms with van der Waals surface area (Å²) in [7, 11) is -3.62. The predicted molar refractivity (Wildman–Crippen MR) is 124 cm³/mol. The molecule has 0 amide bonds. The van der Waals surface area contributed by atoms with Crippen LogP contribution in [0.5, 0.6) is 5.75 Å². The molecule has 0 aromatic heterocycles. The van der Waals surface area contributed by atoms with Gasteiger partial charge in [-0.15, -0.1) is 0 Å². The maximum Gasteiger partial charge on any atom is 0.306 e. The van der Waals surface area contributed by atoms with E-state index in [1.807, 2.05) is 60.7 Å². The van der Waals surface area contributed by atoms with Crippen molar-refractivity contribution in [2.45, 2.75) is 31.4 Å². The van der Waals surface area contributed by atoms with Crippen molar-refractivity contribution < 1.29 is 22.1 Å². The molecule has 2 N–H and O–H groups in total. The average molecular weight is 454 g/mol. The lowest BCUT2D eigenvalue weighted by atomic mass is 9.85. The van der Waals surface area contributed by atoms with Crippen molar-refractivity contribution in [3.05, 3.63) is 102 Å². The number of carbonyl (C=O) groups is 1. The second-order valence-electron chi connectivity index (χ2n) is 7.67. The van der Waals surface area contributed by atoms with Gasteiger partial charge in [-0.3, -0.25) is 4.79 Å². The van der Waals surface area contributed by atoms with Crippen LogP contribution in [0, 0.1) is 0 Å². The van der Waals surface area contributed by atoms with Gasteiger partial charge in [-0.1, -0.05) is 72.8 Å². The topological polar surface area (TPSA) is 95.7 Å². The van der Waals surface area contributed by atoms with E-state index in [4.69, 9.17) is 14.7 Å². The Morgan fingerprint density at radius 1 is 0.875 bits per heavy atom. The van der Waals surface area contributed by atoms with Crippen LogP contribution in [0.15, 0.2) is 84.9 Å².